The van der Waals surface area contributed by atoms with E-state index in [1.807, 2.05) is 32.1 Å². The normalized spacial score (nSPS) is 20.0. The maximum atomic E-state index is 13.7. The number of nitrogens with one attached hydrogen (secondary N) is 1. The summed E-state index contributed by atoms with van der Waals surface area (Å²) in [6, 6.07) is 2.93. The number of fused-ring (bicyclic) bond motifs is 1. The fourth-order valence-electron chi connectivity index (χ4n) is 4.82. The zero-order valence-corrected chi connectivity index (χ0v) is 27.7. The van der Waals surface area contributed by atoms with Crippen LogP contribution in [0.4, 0.5) is 0 Å². The van der Waals surface area contributed by atoms with E-state index in [1.165, 1.54) is 0 Å². The summed E-state index contributed by atoms with van der Waals surface area (Å²) in [5.41, 5.74) is 1.09. The monoisotopic (exact) mass is 663 g/mol. The highest BCUT2D eigenvalue weighted by molar-refractivity contribution is 6.27. The molecule has 1 fully saturated rings. The van der Waals surface area contributed by atoms with E-state index in [0.717, 1.165) is 19.3 Å². The molecule has 1 aromatic rings. The van der Waals surface area contributed by atoms with Crippen molar-refractivity contribution in [2.24, 2.45) is 5.16 Å². The van der Waals surface area contributed by atoms with Gasteiger partial charge in [-0.1, -0.05) is 23.4 Å². The van der Waals surface area contributed by atoms with Gasteiger partial charge in [0.2, 0.25) is 5.91 Å². The molecule has 13 heteroatoms. The first-order chi connectivity index (χ1) is 22.3. The lowest BCUT2D eigenvalue weighted by atomic mass is 9.99. The third-order valence-corrected chi connectivity index (χ3v) is 7.38. The predicted molar refractivity (Wildman–Crippen MR) is 173 cm³/mol. The topological polar surface area (TPSA) is 134 Å². The van der Waals surface area contributed by atoms with Crippen LogP contribution in [-0.2, 0) is 35.1 Å². The highest BCUT2D eigenvalue weighted by Crippen LogP contribution is 2.32. The Morgan fingerprint density at radius 1 is 1.04 bits per heavy atom. The molecule has 46 heavy (non-hydrogen) atoms. The lowest BCUT2D eigenvalue weighted by Crippen LogP contribution is -2.37. The van der Waals surface area contributed by atoms with Crippen LogP contribution in [0.25, 0.3) is 0 Å². The molecule has 254 valence electrons. The molecule has 0 aromatic heterocycles. The zero-order chi connectivity index (χ0) is 33.1. The summed E-state index contributed by atoms with van der Waals surface area (Å²) in [6.45, 7) is 7.41. The molecule has 0 saturated carbocycles. The second-order valence-corrected chi connectivity index (χ2v) is 11.0. The van der Waals surface area contributed by atoms with Crippen LogP contribution < -0.4 is 14.8 Å². The van der Waals surface area contributed by atoms with Crippen LogP contribution in [0.3, 0.4) is 0 Å². The standard InChI is InChI=1S/C33H46ClN3O9/c1-4-41-22-43-28-18-25-17-27(36-45-21-31(39)37-15-7-6-8-16-37)14-10-13-26(35-30(38)20-34)12-9-11-24(3)46-33(40)32(25)29(19-28)44-23-42-5-2/h9-10,12,14,18-19,24,26H,4-8,11,13,15-17,20-23H2,1-3H3,(H,35,38)/t24-,26-/m1/s1. The molecule has 0 unspecified atom stereocenters. The Morgan fingerprint density at radius 3 is 2.50 bits per heavy atom. The van der Waals surface area contributed by atoms with Crippen molar-refractivity contribution in [3.63, 3.8) is 0 Å². The van der Waals surface area contributed by atoms with E-state index in [0.29, 0.717) is 56.2 Å². The van der Waals surface area contributed by atoms with Gasteiger partial charge >= 0.3 is 5.97 Å². The molecule has 2 atom stereocenters. The van der Waals surface area contributed by atoms with Crippen molar-refractivity contribution >= 4 is 35.1 Å². The van der Waals surface area contributed by atoms with Gasteiger partial charge in [0.25, 0.3) is 5.91 Å². The Bertz CT molecular complexity index is 1230. The predicted octanol–water partition coefficient (Wildman–Crippen LogP) is 4.53. The lowest BCUT2D eigenvalue weighted by Gasteiger charge is -2.26. The summed E-state index contributed by atoms with van der Waals surface area (Å²) in [6.07, 6.45) is 10.7. The second kappa shape index (κ2) is 20.5. The maximum Gasteiger partial charge on any atom is 0.342 e. The van der Waals surface area contributed by atoms with Crippen LogP contribution in [0.5, 0.6) is 11.5 Å². The van der Waals surface area contributed by atoms with Gasteiger partial charge in [0.05, 0.1) is 11.8 Å². The van der Waals surface area contributed by atoms with E-state index in [2.05, 4.69) is 10.5 Å². The highest BCUT2D eigenvalue weighted by atomic mass is 35.5. The molecule has 1 N–H and O–H groups in total. The molecule has 0 aliphatic carbocycles. The van der Waals surface area contributed by atoms with Crippen LogP contribution in [0, 0.1) is 0 Å². The Kier molecular flexibility index (Phi) is 16.4. The fraction of sp³-hybridized carbons (Fsp3) is 0.576. The number of nitrogens with zero attached hydrogens (tertiary/aromatic N) is 2. The zero-order valence-electron chi connectivity index (χ0n) is 27.0. The minimum atomic E-state index is -0.604. The number of cyclic esters (lactones) is 1. The number of allylic oxidation sites excluding steroid dienone is 1. The average Bonchev–Trinajstić information content (AvgIpc) is 3.04. The number of rotatable bonds is 13. The van der Waals surface area contributed by atoms with Crippen LogP contribution in [0.15, 0.2) is 41.6 Å². The van der Waals surface area contributed by atoms with E-state index < -0.39 is 12.1 Å². The number of amides is 2. The van der Waals surface area contributed by atoms with Crippen LogP contribution in [0.2, 0.25) is 0 Å². The van der Waals surface area contributed by atoms with E-state index in [-0.39, 0.29) is 61.7 Å². The van der Waals surface area contributed by atoms with Gasteiger partial charge < -0.3 is 38.7 Å². The number of benzene rings is 1. The Morgan fingerprint density at radius 2 is 1.78 bits per heavy atom. The van der Waals surface area contributed by atoms with E-state index in [9.17, 15) is 14.4 Å². The van der Waals surface area contributed by atoms with E-state index in [1.54, 1.807) is 30.0 Å². The van der Waals surface area contributed by atoms with Gasteiger partial charge in [0.1, 0.15) is 29.0 Å². The average molecular weight is 664 g/mol. The van der Waals surface area contributed by atoms with Gasteiger partial charge in [-0.2, -0.15) is 0 Å². The first-order valence-electron chi connectivity index (χ1n) is 15.8. The van der Waals surface area contributed by atoms with Gasteiger partial charge in [-0.3, -0.25) is 9.59 Å². The molecule has 2 heterocycles. The summed E-state index contributed by atoms with van der Waals surface area (Å²) in [7, 11) is 0. The Balaban J connectivity index is 2.02. The third-order valence-electron chi connectivity index (χ3n) is 7.14. The van der Waals surface area contributed by atoms with Crippen molar-refractivity contribution in [2.75, 3.05) is 52.4 Å². The number of alkyl halides is 1. The number of hydrogen-bond donors (Lipinski definition) is 1. The van der Waals surface area contributed by atoms with Gasteiger partial charge in [-0.05, 0) is 64.2 Å². The van der Waals surface area contributed by atoms with Crippen LogP contribution in [0.1, 0.15) is 68.8 Å². The molecule has 1 aromatic carbocycles. The molecule has 2 aliphatic heterocycles. The number of carbonyl (C=O) groups is 3. The van der Waals surface area contributed by atoms with Crippen molar-refractivity contribution in [3.8, 4) is 11.5 Å². The number of esters is 1. The molecule has 3 rings (SSSR count). The van der Waals surface area contributed by atoms with Crippen molar-refractivity contribution in [2.45, 2.75) is 71.4 Å². The Hall–Kier alpha value is -3.61. The molecular formula is C33H46ClN3O9. The number of carbonyl (C=O) groups excluding carboxylic acids is 3. The molecule has 1 saturated heterocycles. The summed E-state index contributed by atoms with van der Waals surface area (Å²) in [5, 5.41) is 7.18. The number of oxime groups is 1. The SMILES string of the molecule is CCOCOc1cc2c(c(OCOCC)c1)C(=O)O[C@H](C)CC=C[C@@H](NC(=O)CCl)CC=CC(=NOCC(=O)N1CCCCC1)C2. The number of hydrogen-bond acceptors (Lipinski definition) is 10. The van der Waals surface area contributed by atoms with E-state index >= 15 is 0 Å². The first-order valence-corrected chi connectivity index (χ1v) is 16.3. The Labute approximate surface area is 276 Å². The molecule has 0 bridgehead atoms. The summed E-state index contributed by atoms with van der Waals surface area (Å²) in [4.78, 5) is 45.9. The van der Waals surface area contributed by atoms with Gasteiger partial charge in [0.15, 0.2) is 20.2 Å². The highest BCUT2D eigenvalue weighted by Gasteiger charge is 2.25. The van der Waals surface area contributed by atoms with E-state index in [4.69, 9.17) is 40.1 Å². The first kappa shape index (κ1) is 36.9. The molecule has 2 aliphatic rings. The van der Waals surface area contributed by atoms with Gasteiger partial charge in [-0.15, -0.1) is 11.6 Å². The molecule has 12 nitrogen and oxygen atoms in total. The molecular weight excluding hydrogens is 618 g/mol. The summed E-state index contributed by atoms with van der Waals surface area (Å²) < 4.78 is 28.3. The minimum Gasteiger partial charge on any atom is -0.467 e. The van der Waals surface area contributed by atoms with Crippen molar-refractivity contribution in [1.82, 2.24) is 10.2 Å². The quantitative estimate of drug-likeness (QED) is 0.0807. The summed E-state index contributed by atoms with van der Waals surface area (Å²) in [5.74, 6) is -0.618. The largest absolute Gasteiger partial charge is 0.467 e. The maximum absolute atomic E-state index is 13.7. The second-order valence-electron chi connectivity index (χ2n) is 10.8. The van der Waals surface area contributed by atoms with Gasteiger partial charge in [0, 0.05) is 45.2 Å². The molecule has 2 amide bonds. The van der Waals surface area contributed by atoms with Crippen LogP contribution >= 0.6 is 11.6 Å². The number of likely N-dealkylation sites (tertiary alicyclic amines) is 1. The van der Waals surface area contributed by atoms with Crippen molar-refractivity contribution in [1.29, 1.82) is 0 Å². The molecule has 0 spiro atoms. The van der Waals surface area contributed by atoms with Crippen LogP contribution in [-0.4, -0.2) is 92.9 Å². The van der Waals surface area contributed by atoms with Crippen molar-refractivity contribution < 1.29 is 42.9 Å². The number of halogens is 1. The fourth-order valence-corrected chi connectivity index (χ4v) is 4.90. The number of piperidine rings is 1. The van der Waals surface area contributed by atoms with Crippen molar-refractivity contribution in [3.05, 3.63) is 47.6 Å². The number of ether oxygens (including phenoxy) is 5. The molecule has 0 radical (unpaired) electrons. The van der Waals surface area contributed by atoms with Gasteiger partial charge in [-0.25, -0.2) is 4.79 Å². The summed E-state index contributed by atoms with van der Waals surface area (Å²) >= 11 is 5.73. The minimum absolute atomic E-state index is 0.00795. The smallest absolute Gasteiger partial charge is 0.342 e. The third kappa shape index (κ3) is 12.6. The lowest BCUT2D eigenvalue weighted by molar-refractivity contribution is -0.137.